The Bertz CT molecular complexity index is 2420. The van der Waals surface area contributed by atoms with Gasteiger partial charge in [0.1, 0.15) is 11.6 Å². The maximum atomic E-state index is 14.5. The second-order valence-corrected chi connectivity index (χ2v) is 14.2. The summed E-state index contributed by atoms with van der Waals surface area (Å²) < 4.78 is 119. The van der Waals surface area contributed by atoms with Gasteiger partial charge in [0, 0.05) is 37.3 Å². The van der Waals surface area contributed by atoms with Crippen LogP contribution in [-0.4, -0.2) is 109 Å². The smallest absolute Gasteiger partial charge is 0.413 e. The minimum atomic E-state index is -5.08. The highest BCUT2D eigenvalue weighted by molar-refractivity contribution is 6.00. The molecule has 65 heavy (non-hydrogen) atoms. The number of hydrogen-bond acceptors (Lipinski definition) is 9. The van der Waals surface area contributed by atoms with E-state index in [0.29, 0.717) is 63.7 Å². The van der Waals surface area contributed by atoms with Crippen molar-refractivity contribution in [3.63, 3.8) is 0 Å². The van der Waals surface area contributed by atoms with Gasteiger partial charge in [-0.2, -0.15) is 26.3 Å². The lowest BCUT2D eigenvalue weighted by molar-refractivity contribution is -0.173. The lowest BCUT2D eigenvalue weighted by Gasteiger charge is -2.33. The Kier molecular flexibility index (Phi) is 15.5. The summed E-state index contributed by atoms with van der Waals surface area (Å²) in [5.41, 5.74) is 1.78. The van der Waals surface area contributed by atoms with E-state index in [9.17, 15) is 54.3 Å². The summed E-state index contributed by atoms with van der Waals surface area (Å²) in [5.74, 6) is -5.75. The van der Waals surface area contributed by atoms with Crippen LogP contribution in [-0.2, 0) is 33.5 Å². The standard InChI is InChI=1S/C22H21F4N3O4.C21H18F4N4O3/c23-17-3-1-2-4-18(17)29(21(32)28-9-11-33-12-10-28)14-15-5-7-16(8-6-15)19(30)13-27-20(31)22(24,25)26;22-16-3-1-2-4-17(16)29(20(30)28-9-11-31-12-10-28)13-14-5-7-15(8-6-14)18-26-27-19(32-18)21(23,24)25/h1-8H,9-14H2,(H,27,31);1-8H,9-13H2. The van der Waals surface area contributed by atoms with Crippen LogP contribution in [0.3, 0.4) is 0 Å². The molecular weight excluding hydrogens is 878 g/mol. The van der Waals surface area contributed by atoms with Gasteiger partial charge in [0.15, 0.2) is 5.78 Å². The van der Waals surface area contributed by atoms with Gasteiger partial charge in [0.05, 0.1) is 57.4 Å². The van der Waals surface area contributed by atoms with Gasteiger partial charge in [0.2, 0.25) is 5.89 Å². The number of urea groups is 2. The van der Waals surface area contributed by atoms with Crippen LogP contribution in [0.15, 0.2) is 101 Å². The van der Waals surface area contributed by atoms with Crippen molar-refractivity contribution in [1.82, 2.24) is 25.3 Å². The third-order valence-corrected chi connectivity index (χ3v) is 9.80. The van der Waals surface area contributed by atoms with Gasteiger partial charge in [-0.1, -0.05) is 60.7 Å². The molecule has 344 valence electrons. The van der Waals surface area contributed by atoms with Crippen molar-refractivity contribution in [3.05, 3.63) is 131 Å². The zero-order valence-corrected chi connectivity index (χ0v) is 34.1. The van der Waals surface area contributed by atoms with Crippen LogP contribution in [0.5, 0.6) is 0 Å². The second-order valence-electron chi connectivity index (χ2n) is 14.2. The fraction of sp³-hybridized carbons (Fsp3) is 0.302. The largest absolute Gasteiger partial charge is 0.471 e. The summed E-state index contributed by atoms with van der Waals surface area (Å²) in [5, 5.41) is 7.95. The van der Waals surface area contributed by atoms with Crippen LogP contribution in [0.4, 0.5) is 56.1 Å². The molecule has 22 heteroatoms. The number of rotatable bonds is 10. The molecule has 1 N–H and O–H groups in total. The zero-order chi connectivity index (χ0) is 46.7. The van der Waals surface area contributed by atoms with E-state index in [2.05, 4.69) is 14.6 Å². The molecule has 4 aromatic carbocycles. The number of nitrogens with zero attached hydrogens (tertiary/aromatic N) is 6. The van der Waals surface area contributed by atoms with Gasteiger partial charge in [0.25, 0.3) is 0 Å². The molecule has 0 unspecified atom stereocenters. The number of alkyl halides is 6. The molecule has 2 aliphatic heterocycles. The molecular formula is C43H39F8N7O7. The molecule has 7 rings (SSSR count). The summed E-state index contributed by atoms with van der Waals surface area (Å²) in [7, 11) is 0. The van der Waals surface area contributed by atoms with Crippen LogP contribution < -0.4 is 15.1 Å². The highest BCUT2D eigenvalue weighted by atomic mass is 19.4. The molecule has 3 heterocycles. The van der Waals surface area contributed by atoms with Crippen LogP contribution >= 0.6 is 0 Å². The Labute approximate surface area is 365 Å². The number of morpholine rings is 2. The van der Waals surface area contributed by atoms with Crippen molar-refractivity contribution in [2.75, 3.05) is 69.0 Å². The molecule has 0 atom stereocenters. The number of carbonyl (C=O) groups excluding carboxylic acids is 4. The first-order chi connectivity index (χ1) is 31.0. The predicted molar refractivity (Wildman–Crippen MR) is 215 cm³/mol. The Balaban J connectivity index is 0.000000215. The minimum absolute atomic E-state index is 0.00357. The summed E-state index contributed by atoms with van der Waals surface area (Å²) in [6, 6.07) is 23.0. The first kappa shape index (κ1) is 47.5. The van der Waals surface area contributed by atoms with Crippen molar-refractivity contribution in [2.24, 2.45) is 0 Å². The Hall–Kier alpha value is -6.94. The van der Waals surface area contributed by atoms with Crippen LogP contribution in [0.2, 0.25) is 0 Å². The number of anilines is 2. The predicted octanol–water partition coefficient (Wildman–Crippen LogP) is 7.50. The second kappa shape index (κ2) is 21.2. The van der Waals surface area contributed by atoms with Crippen LogP contribution in [0, 0.1) is 11.6 Å². The first-order valence-corrected chi connectivity index (χ1v) is 19.7. The first-order valence-electron chi connectivity index (χ1n) is 19.7. The third kappa shape index (κ3) is 12.6. The summed E-state index contributed by atoms with van der Waals surface area (Å²) >= 11 is 0. The fourth-order valence-corrected chi connectivity index (χ4v) is 6.43. The summed E-state index contributed by atoms with van der Waals surface area (Å²) in [6.45, 7) is 2.28. The highest BCUT2D eigenvalue weighted by Gasteiger charge is 2.39. The van der Waals surface area contributed by atoms with Gasteiger partial charge >= 0.3 is 36.2 Å². The Morgan fingerprint density at radius 2 is 1.06 bits per heavy atom. The maximum Gasteiger partial charge on any atom is 0.471 e. The van der Waals surface area contributed by atoms with Crippen LogP contribution in [0.1, 0.15) is 27.4 Å². The van der Waals surface area contributed by atoms with Gasteiger partial charge in [-0.05, 0) is 47.5 Å². The molecule has 2 aliphatic rings. The summed E-state index contributed by atoms with van der Waals surface area (Å²) in [4.78, 5) is 54.9. The molecule has 0 spiro atoms. The average Bonchev–Trinajstić information content (AvgIpc) is 3.82. The van der Waals surface area contributed by atoms with E-state index >= 15 is 0 Å². The molecule has 0 bridgehead atoms. The van der Waals surface area contributed by atoms with Gasteiger partial charge in [-0.3, -0.25) is 19.4 Å². The maximum absolute atomic E-state index is 14.5. The van der Waals surface area contributed by atoms with E-state index in [1.807, 2.05) is 0 Å². The van der Waals surface area contributed by atoms with Gasteiger partial charge in [-0.25, -0.2) is 18.4 Å². The summed E-state index contributed by atoms with van der Waals surface area (Å²) in [6.07, 6.45) is -9.81. The number of carbonyl (C=O) groups is 4. The van der Waals surface area contributed by atoms with Crippen molar-refractivity contribution in [3.8, 4) is 11.5 Å². The monoisotopic (exact) mass is 917 g/mol. The Morgan fingerprint density at radius 1 is 0.615 bits per heavy atom. The lowest BCUT2D eigenvalue weighted by atomic mass is 10.1. The molecule has 5 aromatic rings. The van der Waals surface area contributed by atoms with E-state index in [-0.39, 0.29) is 47.5 Å². The minimum Gasteiger partial charge on any atom is -0.413 e. The molecule has 2 saturated heterocycles. The number of halogens is 8. The quantitative estimate of drug-likeness (QED) is 0.111. The topological polar surface area (TPSA) is 151 Å². The van der Waals surface area contributed by atoms with Crippen LogP contribution in [0.25, 0.3) is 11.5 Å². The van der Waals surface area contributed by atoms with E-state index < -0.39 is 54.1 Å². The molecule has 0 saturated carbocycles. The number of nitrogens with one attached hydrogen (secondary N) is 1. The number of benzene rings is 4. The molecule has 2 fully saturated rings. The number of ketones is 1. The number of hydrogen-bond donors (Lipinski definition) is 1. The van der Waals surface area contributed by atoms with Crippen molar-refractivity contribution in [2.45, 2.75) is 25.4 Å². The normalized spacial score (nSPS) is 14.2. The highest BCUT2D eigenvalue weighted by Crippen LogP contribution is 2.31. The number of Topliss-reactive ketones (excluding diaryl/α,β-unsaturated/α-hetero) is 1. The molecule has 14 nitrogen and oxygen atoms in total. The van der Waals surface area contributed by atoms with E-state index in [1.165, 1.54) is 87.9 Å². The zero-order valence-electron chi connectivity index (χ0n) is 34.1. The SMILES string of the molecule is O=C(CNC(=O)C(F)(F)F)c1ccc(CN(C(=O)N2CCOCC2)c2ccccc2F)cc1.O=C(N1CCOCC1)N(Cc1ccc(-c2nnc(C(F)(F)F)o2)cc1)c1ccccc1F. The van der Waals surface area contributed by atoms with Crippen molar-refractivity contribution >= 4 is 35.1 Å². The number of ether oxygens (including phenoxy) is 2. The fourth-order valence-electron chi connectivity index (χ4n) is 6.43. The van der Waals surface area contributed by atoms with E-state index in [4.69, 9.17) is 9.47 Å². The molecule has 0 radical (unpaired) electrons. The molecule has 1 aromatic heterocycles. The molecule has 0 aliphatic carbocycles. The molecule has 5 amide bonds. The van der Waals surface area contributed by atoms with E-state index in [1.54, 1.807) is 34.1 Å². The lowest BCUT2D eigenvalue weighted by Crippen LogP contribution is -2.48. The van der Waals surface area contributed by atoms with Crippen molar-refractivity contribution < 1.29 is 68.2 Å². The number of aromatic nitrogens is 2. The van der Waals surface area contributed by atoms with Gasteiger partial charge in [-0.15, -0.1) is 10.2 Å². The van der Waals surface area contributed by atoms with Gasteiger partial charge < -0.3 is 29.0 Å². The number of amides is 5. The third-order valence-electron chi connectivity index (χ3n) is 9.80. The average molecular weight is 918 g/mol. The Morgan fingerprint density at radius 3 is 1.48 bits per heavy atom. The van der Waals surface area contributed by atoms with Crippen molar-refractivity contribution in [1.29, 1.82) is 0 Å². The number of para-hydroxylation sites is 2. The van der Waals surface area contributed by atoms with E-state index in [0.717, 1.165) is 0 Å².